The largest absolute Gasteiger partial charge is 0.481 e. The van der Waals surface area contributed by atoms with E-state index < -0.39 is 11.7 Å². The zero-order valence-electron chi connectivity index (χ0n) is 12.0. The Kier molecular flexibility index (Phi) is 3.61. The maximum Gasteiger partial charge on any atom is 0.410 e. The highest BCUT2D eigenvalue weighted by Crippen LogP contribution is 2.29. The first kappa shape index (κ1) is 14.2. The third-order valence-corrected chi connectivity index (χ3v) is 2.71. The molecule has 0 saturated carbocycles. The molecule has 2 rings (SSSR count). The molecule has 2 heterocycles. The quantitative estimate of drug-likeness (QED) is 0.764. The number of nitrogens with zero attached hydrogens (tertiary/aromatic N) is 3. The Labute approximate surface area is 116 Å². The van der Waals surface area contributed by atoms with Crippen LogP contribution in [0.3, 0.4) is 0 Å². The lowest BCUT2D eigenvalue weighted by Gasteiger charge is -2.23. The van der Waals surface area contributed by atoms with Gasteiger partial charge in [-0.2, -0.15) is 4.98 Å². The Hall–Kier alpha value is -2.18. The number of carbonyl (C=O) groups excluding carboxylic acids is 2. The van der Waals surface area contributed by atoms with E-state index in [1.165, 1.54) is 12.0 Å². The van der Waals surface area contributed by atoms with E-state index in [1.54, 1.807) is 20.8 Å². The Balaban J connectivity index is 2.22. The number of amides is 1. The van der Waals surface area contributed by atoms with Crippen LogP contribution in [-0.2, 0) is 17.8 Å². The first-order valence-electron chi connectivity index (χ1n) is 6.21. The number of methoxy groups -OCH3 is 1. The number of fused-ring (bicyclic) bond motifs is 1. The molecule has 0 bridgehead atoms. The van der Waals surface area contributed by atoms with Gasteiger partial charge in [0, 0.05) is 0 Å². The first-order valence-corrected chi connectivity index (χ1v) is 6.21. The van der Waals surface area contributed by atoms with Crippen LogP contribution in [0.2, 0.25) is 0 Å². The molecule has 1 aromatic heterocycles. The molecular formula is C13H17N3O4. The van der Waals surface area contributed by atoms with Gasteiger partial charge in [-0.1, -0.05) is 0 Å². The molecule has 1 amide bonds. The Morgan fingerprint density at radius 3 is 2.55 bits per heavy atom. The van der Waals surface area contributed by atoms with Crippen molar-refractivity contribution in [1.82, 2.24) is 14.9 Å². The lowest BCUT2D eigenvalue weighted by atomic mass is 10.2. The molecule has 0 saturated heterocycles. The molecule has 7 heteroatoms. The molecule has 0 fully saturated rings. The van der Waals surface area contributed by atoms with E-state index in [4.69, 9.17) is 9.47 Å². The predicted molar refractivity (Wildman–Crippen MR) is 69.5 cm³/mol. The second kappa shape index (κ2) is 5.07. The van der Waals surface area contributed by atoms with Crippen LogP contribution < -0.4 is 4.74 Å². The number of carbonyl (C=O) groups is 2. The molecule has 0 aromatic carbocycles. The molecule has 7 nitrogen and oxygen atoms in total. The number of aromatic nitrogens is 2. The van der Waals surface area contributed by atoms with Gasteiger partial charge in [-0.25, -0.2) is 9.78 Å². The van der Waals surface area contributed by atoms with E-state index in [1.807, 2.05) is 0 Å². The lowest BCUT2D eigenvalue weighted by Crippen LogP contribution is -2.33. The van der Waals surface area contributed by atoms with Gasteiger partial charge in [0.15, 0.2) is 12.1 Å². The minimum absolute atomic E-state index is 0.0478. The van der Waals surface area contributed by atoms with Gasteiger partial charge < -0.3 is 9.47 Å². The Morgan fingerprint density at radius 1 is 1.30 bits per heavy atom. The molecule has 0 unspecified atom stereocenters. The van der Waals surface area contributed by atoms with Crippen molar-refractivity contribution >= 4 is 12.4 Å². The van der Waals surface area contributed by atoms with Crippen molar-refractivity contribution in [1.29, 1.82) is 0 Å². The van der Waals surface area contributed by atoms with E-state index in [0.717, 1.165) is 0 Å². The van der Waals surface area contributed by atoms with Gasteiger partial charge >= 0.3 is 6.09 Å². The summed E-state index contributed by atoms with van der Waals surface area (Å²) >= 11 is 0. The topological polar surface area (TPSA) is 81.6 Å². The number of rotatable bonds is 2. The average molecular weight is 279 g/mol. The maximum atomic E-state index is 12.0. The van der Waals surface area contributed by atoms with Crippen LogP contribution >= 0.6 is 0 Å². The van der Waals surface area contributed by atoms with Crippen molar-refractivity contribution in [3.8, 4) is 5.88 Å². The van der Waals surface area contributed by atoms with Crippen LogP contribution in [0, 0.1) is 0 Å². The molecule has 1 aliphatic rings. The molecule has 0 aliphatic carbocycles. The van der Waals surface area contributed by atoms with E-state index in [2.05, 4.69) is 9.97 Å². The smallest absolute Gasteiger partial charge is 0.410 e. The Morgan fingerprint density at radius 2 is 2.00 bits per heavy atom. The molecule has 108 valence electrons. The van der Waals surface area contributed by atoms with E-state index in [9.17, 15) is 9.59 Å². The summed E-state index contributed by atoms with van der Waals surface area (Å²) in [7, 11) is 1.47. The molecule has 0 atom stereocenters. The second-order valence-corrected chi connectivity index (χ2v) is 5.47. The summed E-state index contributed by atoms with van der Waals surface area (Å²) in [6, 6.07) is 0. The standard InChI is InChI=1S/C13H17N3O4/c1-13(2,3)20-12(18)16-5-8-9(6-16)14-10(7-17)15-11(8)19-4/h7H,5-6H2,1-4H3. The van der Waals surface area contributed by atoms with Crippen molar-refractivity contribution in [3.05, 3.63) is 17.1 Å². The van der Waals surface area contributed by atoms with Gasteiger partial charge in [-0.05, 0) is 20.8 Å². The average Bonchev–Trinajstić information content (AvgIpc) is 2.79. The molecule has 0 spiro atoms. The first-order chi connectivity index (χ1) is 9.34. The van der Waals surface area contributed by atoms with Gasteiger partial charge in [0.05, 0.1) is 31.5 Å². The van der Waals surface area contributed by atoms with Crippen LogP contribution in [0.4, 0.5) is 4.79 Å². The van der Waals surface area contributed by atoms with Crippen molar-refractivity contribution in [3.63, 3.8) is 0 Å². The summed E-state index contributed by atoms with van der Waals surface area (Å²) in [6.07, 6.45) is 0.129. The van der Waals surface area contributed by atoms with Crippen molar-refractivity contribution in [2.24, 2.45) is 0 Å². The van der Waals surface area contributed by atoms with E-state index in [0.29, 0.717) is 30.0 Å². The zero-order chi connectivity index (χ0) is 14.9. The Bertz CT molecular complexity index is 551. The summed E-state index contributed by atoms with van der Waals surface area (Å²) in [5, 5.41) is 0. The molecule has 0 radical (unpaired) electrons. The van der Waals surface area contributed by atoms with E-state index >= 15 is 0 Å². The summed E-state index contributed by atoms with van der Waals surface area (Å²) in [5.74, 6) is 0.370. The molecule has 0 N–H and O–H groups in total. The number of ether oxygens (including phenoxy) is 2. The van der Waals surface area contributed by atoms with Crippen LogP contribution in [0.25, 0.3) is 0 Å². The second-order valence-electron chi connectivity index (χ2n) is 5.47. The zero-order valence-corrected chi connectivity index (χ0v) is 12.0. The van der Waals surface area contributed by atoms with Gasteiger partial charge in [0.2, 0.25) is 5.88 Å². The van der Waals surface area contributed by atoms with Gasteiger partial charge in [-0.15, -0.1) is 0 Å². The van der Waals surface area contributed by atoms with Crippen molar-refractivity contribution in [2.75, 3.05) is 7.11 Å². The molecule has 1 aromatic rings. The van der Waals surface area contributed by atoms with Crippen LogP contribution in [0.1, 0.15) is 42.6 Å². The van der Waals surface area contributed by atoms with Crippen LogP contribution in [-0.4, -0.2) is 40.0 Å². The third-order valence-electron chi connectivity index (χ3n) is 2.71. The van der Waals surface area contributed by atoms with Gasteiger partial charge in [0.1, 0.15) is 5.60 Å². The highest BCUT2D eigenvalue weighted by atomic mass is 16.6. The van der Waals surface area contributed by atoms with Crippen molar-refractivity contribution in [2.45, 2.75) is 39.5 Å². The molecule has 1 aliphatic heterocycles. The normalized spacial score (nSPS) is 13.9. The molecule has 20 heavy (non-hydrogen) atoms. The third kappa shape index (κ3) is 2.87. The van der Waals surface area contributed by atoms with Gasteiger partial charge in [0.25, 0.3) is 0 Å². The number of aldehydes is 1. The summed E-state index contributed by atoms with van der Waals surface area (Å²) in [4.78, 5) is 32.4. The fourth-order valence-electron chi connectivity index (χ4n) is 1.92. The fraction of sp³-hybridized carbons (Fsp3) is 0.538. The van der Waals surface area contributed by atoms with Gasteiger partial charge in [-0.3, -0.25) is 9.69 Å². The highest BCUT2D eigenvalue weighted by Gasteiger charge is 2.31. The van der Waals surface area contributed by atoms with Crippen molar-refractivity contribution < 1.29 is 19.1 Å². The monoisotopic (exact) mass is 279 g/mol. The predicted octanol–water partition coefficient (Wildman–Crippen LogP) is 1.55. The summed E-state index contributed by atoms with van der Waals surface area (Å²) < 4.78 is 10.5. The fourth-order valence-corrected chi connectivity index (χ4v) is 1.92. The maximum absolute atomic E-state index is 12.0. The van der Waals surface area contributed by atoms with Crippen LogP contribution in [0.5, 0.6) is 5.88 Å². The summed E-state index contributed by atoms with van der Waals surface area (Å²) in [6.45, 7) is 6.01. The highest BCUT2D eigenvalue weighted by molar-refractivity contribution is 5.71. The SMILES string of the molecule is COc1nc(C=O)nc2c1CN(C(=O)OC(C)(C)C)C2. The minimum atomic E-state index is -0.560. The minimum Gasteiger partial charge on any atom is -0.481 e. The molecular weight excluding hydrogens is 262 g/mol. The number of hydrogen-bond acceptors (Lipinski definition) is 6. The summed E-state index contributed by atoms with van der Waals surface area (Å²) in [5.41, 5.74) is 0.768. The number of hydrogen-bond donors (Lipinski definition) is 0. The lowest BCUT2D eigenvalue weighted by molar-refractivity contribution is 0.0240. The van der Waals surface area contributed by atoms with E-state index in [-0.39, 0.29) is 12.4 Å². The van der Waals surface area contributed by atoms with Crippen LogP contribution in [0.15, 0.2) is 0 Å².